The molecule has 1 aromatic rings. The van der Waals surface area contributed by atoms with Crippen molar-refractivity contribution in [3.63, 3.8) is 0 Å². The zero-order valence-electron chi connectivity index (χ0n) is 14.9. The SMILES string of the molecule is CS(=O)(=O)N(CC(=O)NC12CC3CC(CC(C3)C1)C2)c1cccc(Br)c1. The van der Waals surface area contributed by atoms with Crippen molar-refractivity contribution in [2.24, 2.45) is 17.8 Å². The first-order chi connectivity index (χ1) is 12.2. The van der Waals surface area contributed by atoms with E-state index in [9.17, 15) is 13.2 Å². The topological polar surface area (TPSA) is 66.5 Å². The van der Waals surface area contributed by atoms with Gasteiger partial charge in [0.05, 0.1) is 11.9 Å². The normalized spacial score (nSPS) is 32.5. The summed E-state index contributed by atoms with van der Waals surface area (Å²) in [5, 5.41) is 3.25. The number of halogens is 1. The van der Waals surface area contributed by atoms with Crippen molar-refractivity contribution in [1.82, 2.24) is 5.32 Å². The Hall–Kier alpha value is -1.08. The average molecular weight is 441 g/mol. The fourth-order valence-corrected chi connectivity index (χ4v) is 7.00. The molecular weight excluding hydrogens is 416 g/mol. The summed E-state index contributed by atoms with van der Waals surface area (Å²) in [4.78, 5) is 12.8. The Morgan fingerprint density at radius 3 is 2.27 bits per heavy atom. The maximum atomic E-state index is 12.8. The number of benzene rings is 1. The van der Waals surface area contributed by atoms with Gasteiger partial charge in [-0.25, -0.2) is 8.42 Å². The smallest absolute Gasteiger partial charge is 0.241 e. The van der Waals surface area contributed by atoms with Crippen LogP contribution in [0.4, 0.5) is 5.69 Å². The second-order valence-electron chi connectivity index (χ2n) is 8.50. The first kappa shape index (κ1) is 18.3. The fraction of sp³-hybridized carbons (Fsp3) is 0.632. The third-order valence-electron chi connectivity index (χ3n) is 6.23. The van der Waals surface area contributed by atoms with E-state index in [2.05, 4.69) is 21.2 Å². The number of anilines is 1. The molecule has 142 valence electrons. The number of carbonyl (C=O) groups excluding carboxylic acids is 1. The van der Waals surface area contributed by atoms with Gasteiger partial charge in [0, 0.05) is 10.0 Å². The van der Waals surface area contributed by atoms with Crippen molar-refractivity contribution >= 4 is 37.5 Å². The van der Waals surface area contributed by atoms with Crippen LogP contribution in [0.3, 0.4) is 0 Å². The highest BCUT2D eigenvalue weighted by Crippen LogP contribution is 2.55. The molecule has 0 unspecified atom stereocenters. The van der Waals surface area contributed by atoms with Gasteiger partial charge in [0.1, 0.15) is 6.54 Å². The number of sulfonamides is 1. The third-order valence-corrected chi connectivity index (χ3v) is 7.86. The van der Waals surface area contributed by atoms with E-state index in [0.717, 1.165) is 47.7 Å². The van der Waals surface area contributed by atoms with Crippen LogP contribution >= 0.6 is 15.9 Å². The molecule has 7 heteroatoms. The Balaban J connectivity index is 1.51. The molecule has 0 aromatic heterocycles. The van der Waals surface area contributed by atoms with E-state index in [1.807, 2.05) is 6.07 Å². The minimum Gasteiger partial charge on any atom is -0.349 e. The summed E-state index contributed by atoms with van der Waals surface area (Å²) < 4.78 is 26.5. The van der Waals surface area contributed by atoms with E-state index in [1.165, 1.54) is 23.6 Å². The van der Waals surface area contributed by atoms with Crippen LogP contribution in [0.2, 0.25) is 0 Å². The number of hydrogen-bond acceptors (Lipinski definition) is 3. The largest absolute Gasteiger partial charge is 0.349 e. The molecule has 5 nitrogen and oxygen atoms in total. The standard InChI is InChI=1S/C19H25BrN2O3S/c1-26(24,25)22(17-4-2-3-16(20)8-17)12-18(23)21-19-9-13-5-14(10-19)7-15(6-13)11-19/h2-4,8,13-15H,5-7,9-12H2,1H3,(H,21,23). The van der Waals surface area contributed by atoms with Crippen molar-refractivity contribution in [2.75, 3.05) is 17.1 Å². The molecule has 0 atom stereocenters. The lowest BCUT2D eigenvalue weighted by molar-refractivity contribution is -0.125. The molecular formula is C19H25BrN2O3S. The van der Waals surface area contributed by atoms with Gasteiger partial charge in [0.2, 0.25) is 15.9 Å². The lowest BCUT2D eigenvalue weighted by atomic mass is 9.53. The molecule has 4 fully saturated rings. The van der Waals surface area contributed by atoms with Gasteiger partial charge < -0.3 is 5.32 Å². The highest BCUT2D eigenvalue weighted by molar-refractivity contribution is 9.10. The van der Waals surface area contributed by atoms with E-state index in [0.29, 0.717) is 5.69 Å². The Labute approximate surface area is 163 Å². The van der Waals surface area contributed by atoms with Crippen molar-refractivity contribution in [2.45, 2.75) is 44.1 Å². The van der Waals surface area contributed by atoms with E-state index < -0.39 is 10.0 Å². The summed E-state index contributed by atoms with van der Waals surface area (Å²) >= 11 is 3.37. The third kappa shape index (κ3) is 3.65. The lowest BCUT2D eigenvalue weighted by Crippen LogP contribution is -2.61. The maximum absolute atomic E-state index is 12.8. The van der Waals surface area contributed by atoms with Crippen LogP contribution in [0.5, 0.6) is 0 Å². The molecule has 4 aliphatic carbocycles. The number of amides is 1. The molecule has 1 N–H and O–H groups in total. The number of hydrogen-bond donors (Lipinski definition) is 1. The minimum atomic E-state index is -3.54. The molecule has 0 aliphatic heterocycles. The molecule has 4 saturated carbocycles. The van der Waals surface area contributed by atoms with E-state index >= 15 is 0 Å². The molecule has 4 aliphatic rings. The van der Waals surface area contributed by atoms with Gasteiger partial charge in [-0.15, -0.1) is 0 Å². The Kier molecular flexibility index (Phi) is 4.58. The van der Waals surface area contributed by atoms with Crippen molar-refractivity contribution in [3.05, 3.63) is 28.7 Å². The van der Waals surface area contributed by atoms with Gasteiger partial charge in [-0.1, -0.05) is 22.0 Å². The summed E-state index contributed by atoms with van der Waals surface area (Å²) in [6.45, 7) is -0.170. The summed E-state index contributed by atoms with van der Waals surface area (Å²) in [6, 6.07) is 7.04. The molecule has 1 amide bonds. The zero-order valence-corrected chi connectivity index (χ0v) is 17.4. The molecule has 1 aromatic carbocycles. The summed E-state index contributed by atoms with van der Waals surface area (Å²) in [5.41, 5.74) is 0.397. The van der Waals surface area contributed by atoms with Gasteiger partial charge in [0.25, 0.3) is 0 Å². The Morgan fingerprint density at radius 1 is 1.19 bits per heavy atom. The van der Waals surface area contributed by atoms with Crippen LogP contribution in [0.15, 0.2) is 28.7 Å². The molecule has 26 heavy (non-hydrogen) atoms. The van der Waals surface area contributed by atoms with Crippen LogP contribution in [0.1, 0.15) is 38.5 Å². The van der Waals surface area contributed by atoms with Crippen LogP contribution in [0, 0.1) is 17.8 Å². The highest BCUT2D eigenvalue weighted by Gasteiger charge is 2.51. The van der Waals surface area contributed by atoms with Gasteiger partial charge in [0.15, 0.2) is 0 Å². The zero-order chi connectivity index (χ0) is 18.5. The molecule has 0 heterocycles. The Bertz CT molecular complexity index is 789. The molecule has 0 spiro atoms. The van der Waals surface area contributed by atoms with Gasteiger partial charge in [-0.3, -0.25) is 9.10 Å². The second-order valence-corrected chi connectivity index (χ2v) is 11.3. The van der Waals surface area contributed by atoms with Crippen molar-refractivity contribution < 1.29 is 13.2 Å². The molecule has 0 radical (unpaired) electrons. The molecule has 4 bridgehead atoms. The summed E-state index contributed by atoms with van der Waals surface area (Å²) in [7, 11) is -3.54. The van der Waals surface area contributed by atoms with E-state index in [1.54, 1.807) is 18.2 Å². The maximum Gasteiger partial charge on any atom is 0.241 e. The molecule has 5 rings (SSSR count). The predicted octanol–water partition coefficient (Wildman–Crippen LogP) is 3.30. The highest BCUT2D eigenvalue weighted by atomic mass is 79.9. The molecule has 0 saturated heterocycles. The van der Waals surface area contributed by atoms with Crippen LogP contribution in [-0.2, 0) is 14.8 Å². The van der Waals surface area contributed by atoms with Gasteiger partial charge >= 0.3 is 0 Å². The van der Waals surface area contributed by atoms with Crippen molar-refractivity contribution in [1.29, 1.82) is 0 Å². The summed E-state index contributed by atoms with van der Waals surface area (Å²) in [6.07, 6.45) is 8.24. The lowest BCUT2D eigenvalue weighted by Gasteiger charge is -2.57. The summed E-state index contributed by atoms with van der Waals surface area (Å²) in [5.74, 6) is 2.00. The van der Waals surface area contributed by atoms with Crippen LogP contribution in [-0.4, -0.2) is 32.7 Å². The number of nitrogens with zero attached hydrogens (tertiary/aromatic N) is 1. The minimum absolute atomic E-state index is 0.105. The van der Waals surface area contributed by atoms with Crippen molar-refractivity contribution in [3.8, 4) is 0 Å². The second kappa shape index (κ2) is 6.51. The fourth-order valence-electron chi connectivity index (χ4n) is 5.76. The first-order valence-electron chi connectivity index (χ1n) is 9.27. The average Bonchev–Trinajstić information content (AvgIpc) is 2.49. The number of nitrogens with one attached hydrogen (secondary N) is 1. The van der Waals surface area contributed by atoms with Gasteiger partial charge in [-0.2, -0.15) is 0 Å². The van der Waals surface area contributed by atoms with Crippen LogP contribution < -0.4 is 9.62 Å². The van der Waals surface area contributed by atoms with Gasteiger partial charge in [-0.05, 0) is 74.5 Å². The van der Waals surface area contributed by atoms with E-state index in [4.69, 9.17) is 0 Å². The number of rotatable bonds is 5. The monoisotopic (exact) mass is 440 g/mol. The van der Waals surface area contributed by atoms with E-state index in [-0.39, 0.29) is 18.0 Å². The quantitative estimate of drug-likeness (QED) is 0.763. The van der Waals surface area contributed by atoms with Crippen LogP contribution in [0.25, 0.3) is 0 Å². The first-order valence-corrected chi connectivity index (χ1v) is 11.9. The Morgan fingerprint density at radius 2 is 1.77 bits per heavy atom. The predicted molar refractivity (Wildman–Crippen MR) is 105 cm³/mol. The number of carbonyl (C=O) groups is 1.